The third-order valence-corrected chi connectivity index (χ3v) is 4.86. The van der Waals surface area contributed by atoms with Gasteiger partial charge >= 0.3 is 6.03 Å². The number of urea groups is 1. The van der Waals surface area contributed by atoms with Gasteiger partial charge in [0.25, 0.3) is 0 Å². The lowest BCUT2D eigenvalue weighted by atomic mass is 10.2. The van der Waals surface area contributed by atoms with Crippen LogP contribution in [0.3, 0.4) is 0 Å². The van der Waals surface area contributed by atoms with E-state index in [1.54, 1.807) is 4.90 Å². The molecule has 0 aliphatic carbocycles. The second-order valence-corrected chi connectivity index (χ2v) is 6.91. The summed E-state index contributed by atoms with van der Waals surface area (Å²) in [6.07, 6.45) is 0.565. The quantitative estimate of drug-likeness (QED) is 0.698. The molecule has 1 N–H and O–H groups in total. The normalized spacial score (nSPS) is 32.4. The predicted octanol–water partition coefficient (Wildman–Crippen LogP) is -0.396. The van der Waals surface area contributed by atoms with E-state index >= 15 is 0 Å². The van der Waals surface area contributed by atoms with Gasteiger partial charge in [0, 0.05) is 19.1 Å². The van der Waals surface area contributed by atoms with Crippen molar-refractivity contribution in [3.8, 4) is 0 Å². The molecular weight excluding hydrogens is 244 g/mol. The first-order chi connectivity index (χ1) is 7.96. The molecule has 0 aromatic rings. The molecule has 2 aliphatic heterocycles. The molecule has 7 heteroatoms. The molecule has 2 unspecified atom stereocenters. The zero-order valence-electron chi connectivity index (χ0n) is 9.89. The molecule has 98 valence electrons. The molecule has 2 aliphatic rings. The number of hydrogen-bond donors (Lipinski definition) is 1. The molecule has 2 atom stereocenters. The highest BCUT2D eigenvalue weighted by Gasteiger charge is 2.31. The Bertz CT molecular complexity index is 395. The van der Waals surface area contributed by atoms with Crippen molar-refractivity contribution in [2.75, 3.05) is 31.2 Å². The first kappa shape index (κ1) is 12.6. The molecule has 2 rings (SSSR count). The van der Waals surface area contributed by atoms with Crippen molar-refractivity contribution < 1.29 is 17.9 Å². The Hall–Kier alpha value is -0.820. The van der Waals surface area contributed by atoms with Crippen LogP contribution in [0.4, 0.5) is 4.79 Å². The lowest BCUT2D eigenvalue weighted by Gasteiger charge is -2.31. The molecule has 6 nitrogen and oxygen atoms in total. The number of amides is 2. The average molecular weight is 262 g/mol. The van der Waals surface area contributed by atoms with E-state index in [1.807, 2.05) is 6.92 Å². The fourth-order valence-electron chi connectivity index (χ4n) is 2.18. The van der Waals surface area contributed by atoms with Gasteiger partial charge in [-0.2, -0.15) is 0 Å². The van der Waals surface area contributed by atoms with Gasteiger partial charge in [0.1, 0.15) is 0 Å². The minimum atomic E-state index is -2.94. The minimum Gasteiger partial charge on any atom is -0.375 e. The molecule has 2 heterocycles. The Morgan fingerprint density at radius 2 is 2.24 bits per heavy atom. The van der Waals surface area contributed by atoms with Crippen molar-refractivity contribution in [2.45, 2.75) is 25.5 Å². The summed E-state index contributed by atoms with van der Waals surface area (Å²) in [6, 6.07) is -0.409. The Morgan fingerprint density at radius 1 is 1.47 bits per heavy atom. The summed E-state index contributed by atoms with van der Waals surface area (Å²) < 4.78 is 27.9. The Labute approximate surface area is 101 Å². The van der Waals surface area contributed by atoms with Gasteiger partial charge in [0.05, 0.1) is 24.2 Å². The molecule has 2 amide bonds. The minimum absolute atomic E-state index is 0.0433. The highest BCUT2D eigenvalue weighted by Crippen LogP contribution is 2.12. The third kappa shape index (κ3) is 3.32. The summed E-state index contributed by atoms with van der Waals surface area (Å²) in [5.74, 6) is 0.246. The summed E-state index contributed by atoms with van der Waals surface area (Å²) >= 11 is 0. The molecule has 0 saturated carbocycles. The fourth-order valence-corrected chi connectivity index (χ4v) is 3.85. The van der Waals surface area contributed by atoms with Crippen molar-refractivity contribution in [1.29, 1.82) is 0 Å². The number of sulfone groups is 1. The van der Waals surface area contributed by atoms with Crippen molar-refractivity contribution in [1.82, 2.24) is 10.2 Å². The number of nitrogens with zero attached hydrogens (tertiary/aromatic N) is 1. The number of rotatable bonds is 1. The second kappa shape index (κ2) is 4.81. The number of carbonyl (C=O) groups is 1. The molecule has 0 bridgehead atoms. The van der Waals surface area contributed by atoms with Crippen LogP contribution in [0.2, 0.25) is 0 Å². The van der Waals surface area contributed by atoms with Gasteiger partial charge in [-0.15, -0.1) is 0 Å². The van der Waals surface area contributed by atoms with Gasteiger partial charge in [-0.3, -0.25) is 0 Å². The maximum Gasteiger partial charge on any atom is 0.317 e. The lowest BCUT2D eigenvalue weighted by Crippen LogP contribution is -2.51. The smallest absolute Gasteiger partial charge is 0.317 e. The van der Waals surface area contributed by atoms with Gasteiger partial charge in [-0.1, -0.05) is 0 Å². The molecule has 2 fully saturated rings. The van der Waals surface area contributed by atoms with Crippen LogP contribution in [-0.4, -0.2) is 62.7 Å². The van der Waals surface area contributed by atoms with Gasteiger partial charge in [-0.25, -0.2) is 13.2 Å². The summed E-state index contributed by atoms with van der Waals surface area (Å²) in [7, 11) is -2.94. The van der Waals surface area contributed by atoms with Crippen LogP contribution in [0.1, 0.15) is 13.3 Å². The van der Waals surface area contributed by atoms with Gasteiger partial charge < -0.3 is 15.0 Å². The van der Waals surface area contributed by atoms with Gasteiger partial charge in [-0.05, 0) is 13.3 Å². The van der Waals surface area contributed by atoms with E-state index in [9.17, 15) is 13.2 Å². The highest BCUT2D eigenvalue weighted by atomic mass is 32.2. The Balaban J connectivity index is 1.85. The number of carbonyl (C=O) groups excluding carboxylic acids is 1. The van der Waals surface area contributed by atoms with Crippen molar-refractivity contribution in [3.63, 3.8) is 0 Å². The molecule has 0 aromatic heterocycles. The van der Waals surface area contributed by atoms with E-state index in [4.69, 9.17) is 4.74 Å². The van der Waals surface area contributed by atoms with E-state index in [2.05, 4.69) is 5.32 Å². The second-order valence-electron chi connectivity index (χ2n) is 4.68. The van der Waals surface area contributed by atoms with Crippen molar-refractivity contribution in [2.24, 2.45) is 0 Å². The monoisotopic (exact) mass is 262 g/mol. The summed E-state index contributed by atoms with van der Waals surface area (Å²) in [5.41, 5.74) is 0. The van der Waals surface area contributed by atoms with E-state index in [0.717, 1.165) is 0 Å². The molecule has 17 heavy (non-hydrogen) atoms. The molecule has 0 radical (unpaired) electrons. The van der Waals surface area contributed by atoms with E-state index in [-0.39, 0.29) is 29.7 Å². The predicted molar refractivity (Wildman–Crippen MR) is 62.6 cm³/mol. The van der Waals surface area contributed by atoms with Crippen LogP contribution in [0, 0.1) is 0 Å². The molecule has 2 saturated heterocycles. The summed E-state index contributed by atoms with van der Waals surface area (Å²) in [4.78, 5) is 13.6. The van der Waals surface area contributed by atoms with Crippen LogP contribution in [0.25, 0.3) is 0 Å². The maximum absolute atomic E-state index is 11.9. The average Bonchev–Trinajstić information content (AvgIpc) is 2.58. The van der Waals surface area contributed by atoms with Crippen LogP contribution < -0.4 is 5.32 Å². The Morgan fingerprint density at radius 3 is 2.82 bits per heavy atom. The van der Waals surface area contributed by atoms with Gasteiger partial charge in [0.2, 0.25) is 0 Å². The van der Waals surface area contributed by atoms with Crippen LogP contribution >= 0.6 is 0 Å². The van der Waals surface area contributed by atoms with Crippen LogP contribution in [0.15, 0.2) is 0 Å². The summed E-state index contributed by atoms with van der Waals surface area (Å²) in [6.45, 7) is 3.58. The first-order valence-electron chi connectivity index (χ1n) is 5.84. The standard InChI is InChI=1S/C10H18N2O4S/c1-8-6-12(3-4-16-8)10(13)11-9-2-5-17(14,15)7-9/h8-9H,2-7H2,1H3,(H,11,13). The number of nitrogens with one attached hydrogen (secondary N) is 1. The number of ether oxygens (including phenoxy) is 1. The highest BCUT2D eigenvalue weighted by molar-refractivity contribution is 7.91. The zero-order valence-corrected chi connectivity index (χ0v) is 10.7. The Kier molecular flexibility index (Phi) is 3.58. The largest absolute Gasteiger partial charge is 0.375 e. The van der Waals surface area contributed by atoms with Crippen LogP contribution in [-0.2, 0) is 14.6 Å². The lowest BCUT2D eigenvalue weighted by molar-refractivity contribution is -0.00376. The number of morpholine rings is 1. The van der Waals surface area contributed by atoms with E-state index in [0.29, 0.717) is 26.1 Å². The van der Waals surface area contributed by atoms with Crippen LogP contribution in [0.5, 0.6) is 0 Å². The molecule has 0 spiro atoms. The van der Waals surface area contributed by atoms with Crippen molar-refractivity contribution in [3.05, 3.63) is 0 Å². The van der Waals surface area contributed by atoms with Gasteiger partial charge in [0.15, 0.2) is 9.84 Å². The third-order valence-electron chi connectivity index (χ3n) is 3.09. The molecule has 0 aromatic carbocycles. The molecular formula is C10H18N2O4S. The zero-order chi connectivity index (χ0) is 12.5. The maximum atomic E-state index is 11.9. The van der Waals surface area contributed by atoms with E-state index < -0.39 is 9.84 Å². The van der Waals surface area contributed by atoms with Crippen molar-refractivity contribution >= 4 is 15.9 Å². The fraction of sp³-hybridized carbons (Fsp3) is 0.900. The summed E-state index contributed by atoms with van der Waals surface area (Å²) in [5, 5.41) is 2.78. The van der Waals surface area contributed by atoms with E-state index in [1.165, 1.54) is 0 Å². The topological polar surface area (TPSA) is 75.7 Å². The number of hydrogen-bond acceptors (Lipinski definition) is 4. The SMILES string of the molecule is CC1CN(C(=O)NC2CCS(=O)(=O)C2)CCO1. The first-order valence-corrected chi connectivity index (χ1v) is 7.66.